The van der Waals surface area contributed by atoms with Crippen LogP contribution in [0.25, 0.3) is 10.5 Å². The van der Waals surface area contributed by atoms with E-state index in [0.29, 0.717) is 17.1 Å². The van der Waals surface area contributed by atoms with Gasteiger partial charge >= 0.3 is 5.69 Å². The third-order valence-electron chi connectivity index (χ3n) is 3.67. The van der Waals surface area contributed by atoms with Crippen molar-refractivity contribution in [3.8, 4) is 11.4 Å². The van der Waals surface area contributed by atoms with E-state index < -0.39 is 0 Å². The zero-order valence-corrected chi connectivity index (χ0v) is 13.3. The lowest BCUT2D eigenvalue weighted by Crippen LogP contribution is -2.23. The lowest BCUT2D eigenvalue weighted by Gasteiger charge is -2.13. The second-order valence-corrected chi connectivity index (χ2v) is 5.27. The first-order valence-corrected chi connectivity index (χ1v) is 7.28. The number of tetrazole rings is 1. The summed E-state index contributed by atoms with van der Waals surface area (Å²) >= 11 is 0. The van der Waals surface area contributed by atoms with Crippen LogP contribution in [-0.4, -0.2) is 19.8 Å². The summed E-state index contributed by atoms with van der Waals surface area (Å²) in [5.41, 5.74) is 2.65. The molecule has 0 fully saturated rings. The maximum absolute atomic E-state index is 12.1. The molecular weight excluding hydrogens is 306 g/mol. The van der Waals surface area contributed by atoms with Gasteiger partial charge in [0.2, 0.25) is 0 Å². The van der Waals surface area contributed by atoms with Crippen molar-refractivity contribution in [2.75, 3.05) is 0 Å². The maximum atomic E-state index is 12.1. The predicted octanol–water partition coefficient (Wildman–Crippen LogP) is 2.40. The highest BCUT2D eigenvalue weighted by atomic mass is 16.5. The van der Waals surface area contributed by atoms with Crippen LogP contribution in [0, 0.1) is 13.5 Å². The average molecular weight is 321 g/mol. The second-order valence-electron chi connectivity index (χ2n) is 5.27. The summed E-state index contributed by atoms with van der Waals surface area (Å²) in [5, 5.41) is 7.64. The fourth-order valence-corrected chi connectivity index (χ4v) is 2.34. The van der Waals surface area contributed by atoms with E-state index in [0.717, 1.165) is 11.1 Å². The van der Waals surface area contributed by atoms with E-state index in [2.05, 4.69) is 15.3 Å². The highest BCUT2D eigenvalue weighted by molar-refractivity contribution is 5.49. The summed E-state index contributed by atoms with van der Waals surface area (Å²) in [6.45, 7) is 9.26. The Balaban J connectivity index is 1.95. The topological polar surface area (TPSA) is 66.3 Å². The van der Waals surface area contributed by atoms with Crippen molar-refractivity contribution in [1.82, 2.24) is 19.8 Å². The van der Waals surface area contributed by atoms with Crippen LogP contribution in [0.2, 0.25) is 0 Å². The molecule has 0 N–H and O–H groups in total. The first-order valence-electron chi connectivity index (χ1n) is 7.28. The van der Waals surface area contributed by atoms with Gasteiger partial charge in [0.05, 0.1) is 12.3 Å². The minimum Gasteiger partial charge on any atom is -0.490 e. The molecule has 0 spiro atoms. The molecule has 1 aromatic heterocycles. The van der Waals surface area contributed by atoms with Crippen molar-refractivity contribution in [3.05, 3.63) is 75.5 Å². The van der Waals surface area contributed by atoms with Crippen LogP contribution >= 0.6 is 0 Å². The van der Waals surface area contributed by atoms with Gasteiger partial charge in [0.1, 0.15) is 12.4 Å². The van der Waals surface area contributed by atoms with E-state index in [9.17, 15) is 4.79 Å². The Labute approximate surface area is 138 Å². The van der Waals surface area contributed by atoms with Gasteiger partial charge in [-0.25, -0.2) is 9.64 Å². The van der Waals surface area contributed by atoms with Crippen LogP contribution in [0.1, 0.15) is 11.1 Å². The number of rotatable bonds is 4. The summed E-state index contributed by atoms with van der Waals surface area (Å²) in [7, 11) is 1.55. The van der Waals surface area contributed by atoms with Gasteiger partial charge in [-0.2, -0.15) is 9.36 Å². The highest BCUT2D eigenvalue weighted by Crippen LogP contribution is 2.23. The molecule has 24 heavy (non-hydrogen) atoms. The maximum Gasteiger partial charge on any atom is 0.368 e. The number of benzene rings is 2. The van der Waals surface area contributed by atoms with Crippen LogP contribution < -0.4 is 10.4 Å². The quantitative estimate of drug-likeness (QED) is 0.692. The fourth-order valence-electron chi connectivity index (χ4n) is 2.34. The Hall–Kier alpha value is -3.40. The third-order valence-corrected chi connectivity index (χ3v) is 3.67. The highest BCUT2D eigenvalue weighted by Gasteiger charge is 2.13. The normalized spacial score (nSPS) is 10.4. The lowest BCUT2D eigenvalue weighted by molar-refractivity contribution is 0.305. The van der Waals surface area contributed by atoms with Crippen molar-refractivity contribution in [1.29, 1.82) is 0 Å². The average Bonchev–Trinajstić information content (AvgIpc) is 2.93. The SMILES string of the molecule is [C-]#[N+]c1cccc(OCc2c(C)cccc2-n2nnn(C)c2=O)c1. The van der Waals surface area contributed by atoms with Crippen molar-refractivity contribution in [3.63, 3.8) is 0 Å². The van der Waals surface area contributed by atoms with Crippen LogP contribution in [0.15, 0.2) is 47.3 Å². The second kappa shape index (κ2) is 6.38. The molecule has 0 bridgehead atoms. The molecule has 0 unspecified atom stereocenters. The predicted molar refractivity (Wildman–Crippen MR) is 88.4 cm³/mol. The van der Waals surface area contributed by atoms with Crippen LogP contribution in [0.5, 0.6) is 5.75 Å². The van der Waals surface area contributed by atoms with Gasteiger partial charge in [-0.15, -0.1) is 0 Å². The van der Waals surface area contributed by atoms with E-state index in [1.165, 1.54) is 9.36 Å². The summed E-state index contributed by atoms with van der Waals surface area (Å²) in [4.78, 5) is 15.5. The van der Waals surface area contributed by atoms with E-state index in [-0.39, 0.29) is 12.3 Å². The first kappa shape index (κ1) is 15.5. The van der Waals surface area contributed by atoms with Gasteiger partial charge in [-0.05, 0) is 41.1 Å². The minimum absolute atomic E-state index is 0.256. The molecule has 0 aliphatic heterocycles. The van der Waals surface area contributed by atoms with Gasteiger partial charge < -0.3 is 4.74 Å². The molecule has 0 atom stereocenters. The molecule has 120 valence electrons. The standard InChI is InChI=1S/C17H15N5O2/c1-12-6-4-9-16(22-17(23)21(3)19-20-22)15(12)11-24-14-8-5-7-13(10-14)18-2/h4-10H,11H2,1,3H3. The lowest BCUT2D eigenvalue weighted by atomic mass is 10.1. The van der Waals surface area contributed by atoms with Gasteiger partial charge in [-0.3, -0.25) is 0 Å². The summed E-state index contributed by atoms with van der Waals surface area (Å²) in [6, 6.07) is 12.6. The van der Waals surface area contributed by atoms with E-state index >= 15 is 0 Å². The zero-order valence-electron chi connectivity index (χ0n) is 13.3. The van der Waals surface area contributed by atoms with Crippen LogP contribution in [0.4, 0.5) is 5.69 Å². The van der Waals surface area contributed by atoms with Gasteiger partial charge in [0.25, 0.3) is 0 Å². The minimum atomic E-state index is -0.322. The number of hydrogen-bond donors (Lipinski definition) is 0. The van der Waals surface area contributed by atoms with Gasteiger partial charge in [0.15, 0.2) is 5.69 Å². The molecule has 0 amide bonds. The Morgan fingerprint density at radius 2 is 2.00 bits per heavy atom. The molecule has 0 aliphatic carbocycles. The summed E-state index contributed by atoms with van der Waals surface area (Å²) < 4.78 is 8.23. The smallest absolute Gasteiger partial charge is 0.368 e. The van der Waals surface area contributed by atoms with E-state index in [1.807, 2.05) is 19.1 Å². The van der Waals surface area contributed by atoms with E-state index in [4.69, 9.17) is 11.3 Å². The number of aromatic nitrogens is 4. The molecule has 7 heteroatoms. The zero-order chi connectivity index (χ0) is 17.1. The Morgan fingerprint density at radius 3 is 2.71 bits per heavy atom. The Kier molecular flexibility index (Phi) is 4.12. The molecule has 0 aliphatic rings. The molecule has 0 saturated heterocycles. The largest absolute Gasteiger partial charge is 0.490 e. The van der Waals surface area contributed by atoms with Gasteiger partial charge in [-0.1, -0.05) is 24.3 Å². The molecule has 3 aromatic rings. The van der Waals surface area contributed by atoms with Crippen molar-refractivity contribution in [2.45, 2.75) is 13.5 Å². The van der Waals surface area contributed by atoms with E-state index in [1.54, 1.807) is 37.4 Å². The Morgan fingerprint density at radius 1 is 1.21 bits per heavy atom. The van der Waals surface area contributed by atoms with Crippen molar-refractivity contribution in [2.24, 2.45) is 7.05 Å². The number of aryl methyl sites for hydroxylation is 2. The molecule has 7 nitrogen and oxygen atoms in total. The summed E-state index contributed by atoms with van der Waals surface area (Å²) in [6.07, 6.45) is 0. The molecule has 0 radical (unpaired) electrons. The van der Waals surface area contributed by atoms with Crippen molar-refractivity contribution >= 4 is 5.69 Å². The fraction of sp³-hybridized carbons (Fsp3) is 0.176. The molecular formula is C17H15N5O2. The molecule has 3 rings (SSSR count). The van der Waals surface area contributed by atoms with Crippen LogP contribution in [-0.2, 0) is 13.7 Å². The van der Waals surface area contributed by atoms with Crippen molar-refractivity contribution < 1.29 is 4.74 Å². The third kappa shape index (κ3) is 2.90. The van der Waals surface area contributed by atoms with Crippen LogP contribution in [0.3, 0.4) is 0 Å². The van der Waals surface area contributed by atoms with Gasteiger partial charge in [0, 0.05) is 12.6 Å². The monoisotopic (exact) mass is 321 g/mol. The Bertz CT molecular complexity index is 981. The number of ether oxygens (including phenoxy) is 1. The number of hydrogen-bond acceptors (Lipinski definition) is 4. The number of nitrogens with zero attached hydrogens (tertiary/aromatic N) is 5. The molecule has 1 heterocycles. The molecule has 2 aromatic carbocycles. The summed E-state index contributed by atoms with van der Waals surface area (Å²) in [5.74, 6) is 0.601. The molecule has 0 saturated carbocycles. The first-order chi connectivity index (χ1) is 11.6.